The van der Waals surface area contributed by atoms with Gasteiger partial charge in [-0.15, -0.1) is 0 Å². The lowest BCUT2D eigenvalue weighted by Crippen LogP contribution is -2.13. The van der Waals surface area contributed by atoms with E-state index in [2.05, 4.69) is 10.1 Å². The molecule has 0 atom stereocenters. The van der Waals surface area contributed by atoms with Gasteiger partial charge in [0.1, 0.15) is 28.0 Å². The van der Waals surface area contributed by atoms with Gasteiger partial charge in [0.25, 0.3) is 0 Å². The van der Waals surface area contributed by atoms with E-state index in [9.17, 15) is 13.7 Å². The van der Waals surface area contributed by atoms with E-state index in [1.54, 1.807) is 12.1 Å². The summed E-state index contributed by atoms with van der Waals surface area (Å²) in [5.74, 6) is 0.302. The molecule has 0 spiro atoms. The topological polar surface area (TPSA) is 141 Å². The van der Waals surface area contributed by atoms with Gasteiger partial charge in [0.05, 0.1) is 5.02 Å². The van der Waals surface area contributed by atoms with E-state index in [0.717, 1.165) is 11.8 Å². The van der Waals surface area contributed by atoms with Gasteiger partial charge in [0.15, 0.2) is 5.82 Å². The van der Waals surface area contributed by atoms with Gasteiger partial charge in [0.2, 0.25) is 10.0 Å². The Morgan fingerprint density at radius 2 is 2.00 bits per heavy atom. The molecule has 1 aromatic carbocycles. The van der Waals surface area contributed by atoms with E-state index in [1.165, 1.54) is 16.8 Å². The third-order valence-electron chi connectivity index (χ3n) is 3.68. The number of rotatable bonds is 3. The molecule has 3 aromatic rings. The zero-order valence-electron chi connectivity index (χ0n) is 13.5. The normalized spacial score (nSPS) is 11.3. The van der Waals surface area contributed by atoms with Crippen LogP contribution in [0.15, 0.2) is 41.4 Å². The molecule has 3 rings (SSSR count). The smallest absolute Gasteiger partial charge is 0.239 e. The number of aromatic nitrogens is 3. The van der Waals surface area contributed by atoms with Crippen molar-refractivity contribution in [2.75, 3.05) is 5.73 Å². The van der Waals surface area contributed by atoms with Crippen LogP contribution in [0.4, 0.5) is 5.82 Å². The highest BCUT2D eigenvalue weighted by Gasteiger charge is 2.21. The highest BCUT2D eigenvalue weighted by Crippen LogP contribution is 2.33. The van der Waals surface area contributed by atoms with Gasteiger partial charge in [-0.25, -0.2) is 18.5 Å². The number of nitriles is 1. The SMILES string of the molecule is Cc1ccc(-c2nn(-c3ccc(S(N)(=O)=O)cn3)c(N)c2C#N)c(Cl)c1. The summed E-state index contributed by atoms with van der Waals surface area (Å²) < 4.78 is 23.9. The van der Waals surface area contributed by atoms with Crippen molar-refractivity contribution < 1.29 is 8.42 Å². The van der Waals surface area contributed by atoms with Gasteiger partial charge in [0, 0.05) is 11.8 Å². The van der Waals surface area contributed by atoms with Crippen LogP contribution in [-0.2, 0) is 10.0 Å². The Hall–Kier alpha value is -2.93. The predicted octanol–water partition coefficient (Wildman–Crippen LogP) is 2.00. The molecule has 0 fully saturated rings. The highest BCUT2D eigenvalue weighted by molar-refractivity contribution is 7.89. The Bertz CT molecular complexity index is 1150. The van der Waals surface area contributed by atoms with Crippen molar-refractivity contribution >= 4 is 27.4 Å². The number of sulfonamides is 1. The molecule has 0 aliphatic rings. The molecule has 0 bridgehead atoms. The Balaban J connectivity index is 2.16. The summed E-state index contributed by atoms with van der Waals surface area (Å²) in [6.45, 7) is 1.89. The first kappa shape index (κ1) is 17.9. The summed E-state index contributed by atoms with van der Waals surface area (Å²) in [5.41, 5.74) is 8.02. The van der Waals surface area contributed by atoms with E-state index in [1.807, 2.05) is 19.1 Å². The van der Waals surface area contributed by atoms with Crippen LogP contribution >= 0.6 is 11.6 Å². The van der Waals surface area contributed by atoms with Crippen LogP contribution in [-0.4, -0.2) is 23.2 Å². The molecular formula is C16H13ClN6O2S. The van der Waals surface area contributed by atoms with Crippen LogP contribution in [0, 0.1) is 18.3 Å². The van der Waals surface area contributed by atoms with Crippen molar-refractivity contribution in [3.63, 3.8) is 0 Å². The molecule has 0 unspecified atom stereocenters. The fourth-order valence-electron chi connectivity index (χ4n) is 2.38. The molecule has 4 N–H and O–H groups in total. The van der Waals surface area contributed by atoms with Crippen LogP contribution in [0.2, 0.25) is 5.02 Å². The molecule has 26 heavy (non-hydrogen) atoms. The first-order chi connectivity index (χ1) is 12.2. The third-order valence-corrected chi connectivity index (χ3v) is 4.89. The minimum absolute atomic E-state index is 0.0648. The van der Waals surface area contributed by atoms with Crippen molar-refractivity contribution in [2.24, 2.45) is 5.14 Å². The third kappa shape index (κ3) is 3.13. The lowest BCUT2D eigenvalue weighted by Gasteiger charge is -2.04. The van der Waals surface area contributed by atoms with Gasteiger partial charge >= 0.3 is 0 Å². The van der Waals surface area contributed by atoms with Crippen LogP contribution in [0.25, 0.3) is 17.1 Å². The van der Waals surface area contributed by atoms with E-state index in [4.69, 9.17) is 22.5 Å². The van der Waals surface area contributed by atoms with Crippen LogP contribution < -0.4 is 10.9 Å². The monoisotopic (exact) mass is 388 g/mol. The fourth-order valence-corrected chi connectivity index (χ4v) is 3.16. The summed E-state index contributed by atoms with van der Waals surface area (Å²) in [6, 6.07) is 10.0. The molecule has 0 amide bonds. The van der Waals surface area contributed by atoms with Gasteiger partial charge in [-0.1, -0.05) is 23.7 Å². The number of nitrogens with zero attached hydrogens (tertiary/aromatic N) is 4. The standard InChI is InChI=1S/C16H13ClN6O2S/c1-9-2-4-11(13(17)6-9)15-12(7-18)16(19)23(22-15)14-5-3-10(8-21-14)26(20,24)25/h2-6,8H,19H2,1H3,(H2,20,24,25). The second-order valence-electron chi connectivity index (χ2n) is 5.51. The number of halogens is 1. The number of anilines is 1. The lowest BCUT2D eigenvalue weighted by atomic mass is 10.1. The molecule has 8 nitrogen and oxygen atoms in total. The minimum Gasteiger partial charge on any atom is -0.382 e. The average molecular weight is 389 g/mol. The van der Waals surface area contributed by atoms with Gasteiger partial charge in [-0.3, -0.25) is 0 Å². The number of nitrogens with two attached hydrogens (primary N) is 2. The van der Waals surface area contributed by atoms with E-state index < -0.39 is 10.0 Å². The largest absolute Gasteiger partial charge is 0.382 e. The zero-order valence-corrected chi connectivity index (χ0v) is 15.1. The number of hydrogen-bond donors (Lipinski definition) is 2. The van der Waals surface area contributed by atoms with Crippen molar-refractivity contribution in [1.82, 2.24) is 14.8 Å². The van der Waals surface area contributed by atoms with E-state index in [0.29, 0.717) is 16.3 Å². The van der Waals surface area contributed by atoms with E-state index in [-0.39, 0.29) is 22.1 Å². The molecule has 132 valence electrons. The Kier molecular flexibility index (Phi) is 4.41. The number of primary sulfonamides is 1. The van der Waals surface area contributed by atoms with Crippen molar-refractivity contribution in [2.45, 2.75) is 11.8 Å². The predicted molar refractivity (Wildman–Crippen MR) is 97.0 cm³/mol. The summed E-state index contributed by atoms with van der Waals surface area (Å²) >= 11 is 6.28. The average Bonchev–Trinajstić information content (AvgIpc) is 2.90. The van der Waals surface area contributed by atoms with Crippen LogP contribution in [0.5, 0.6) is 0 Å². The van der Waals surface area contributed by atoms with Gasteiger partial charge < -0.3 is 5.73 Å². The lowest BCUT2D eigenvalue weighted by molar-refractivity contribution is 0.597. The molecule has 0 aliphatic heterocycles. The quantitative estimate of drug-likeness (QED) is 0.702. The van der Waals surface area contributed by atoms with Crippen LogP contribution in [0.1, 0.15) is 11.1 Å². The first-order valence-corrected chi connectivity index (χ1v) is 9.19. The van der Waals surface area contributed by atoms with Crippen LogP contribution in [0.3, 0.4) is 0 Å². The number of aryl methyl sites for hydroxylation is 1. The Morgan fingerprint density at radius 3 is 2.54 bits per heavy atom. The second-order valence-corrected chi connectivity index (χ2v) is 7.48. The molecule has 0 saturated carbocycles. The van der Waals surface area contributed by atoms with Crippen molar-refractivity contribution in [3.8, 4) is 23.1 Å². The summed E-state index contributed by atoms with van der Waals surface area (Å²) in [5, 5.41) is 19.3. The number of nitrogen functional groups attached to an aromatic ring is 1. The highest BCUT2D eigenvalue weighted by atomic mass is 35.5. The number of hydrogen-bond acceptors (Lipinski definition) is 6. The molecule has 0 radical (unpaired) electrons. The van der Waals surface area contributed by atoms with E-state index >= 15 is 0 Å². The summed E-state index contributed by atoms with van der Waals surface area (Å²) in [4.78, 5) is 3.87. The summed E-state index contributed by atoms with van der Waals surface area (Å²) in [6.07, 6.45) is 1.09. The second kappa shape index (κ2) is 6.42. The first-order valence-electron chi connectivity index (χ1n) is 7.26. The Morgan fingerprint density at radius 1 is 1.27 bits per heavy atom. The molecule has 2 aromatic heterocycles. The fraction of sp³-hybridized carbons (Fsp3) is 0.0625. The maximum atomic E-state index is 11.3. The zero-order chi connectivity index (χ0) is 19.1. The van der Waals surface area contributed by atoms with Crippen molar-refractivity contribution in [1.29, 1.82) is 5.26 Å². The maximum Gasteiger partial charge on any atom is 0.239 e. The Labute approximate surface area is 154 Å². The molecule has 0 aliphatic carbocycles. The molecule has 10 heteroatoms. The van der Waals surface area contributed by atoms with Gasteiger partial charge in [-0.05, 0) is 30.7 Å². The minimum atomic E-state index is -3.87. The molecule has 0 saturated heterocycles. The van der Waals surface area contributed by atoms with Gasteiger partial charge in [-0.2, -0.15) is 15.0 Å². The number of benzene rings is 1. The molecular weight excluding hydrogens is 376 g/mol. The number of pyridine rings is 1. The van der Waals surface area contributed by atoms with Crippen molar-refractivity contribution in [3.05, 3.63) is 52.7 Å². The molecule has 2 heterocycles. The summed E-state index contributed by atoms with van der Waals surface area (Å²) in [7, 11) is -3.87. The maximum absolute atomic E-state index is 11.3.